The van der Waals surface area contributed by atoms with E-state index in [0.717, 1.165) is 5.56 Å². The first-order valence-corrected chi connectivity index (χ1v) is 6.04. The van der Waals surface area contributed by atoms with Gasteiger partial charge in [0.25, 0.3) is 0 Å². The molecule has 0 fully saturated rings. The average Bonchev–Trinajstić information content (AvgIpc) is 2.18. The molecule has 0 bridgehead atoms. The van der Waals surface area contributed by atoms with Crippen molar-refractivity contribution in [1.29, 1.82) is 0 Å². The van der Waals surface area contributed by atoms with Crippen LogP contribution in [0.5, 0.6) is 0 Å². The van der Waals surface area contributed by atoms with Gasteiger partial charge in [0.15, 0.2) is 0 Å². The predicted molar refractivity (Wildman–Crippen MR) is 68.4 cm³/mol. The van der Waals surface area contributed by atoms with Gasteiger partial charge in [-0.3, -0.25) is 11.3 Å². The first-order chi connectivity index (χ1) is 7.36. The number of hydrogen-bond acceptors (Lipinski definition) is 2. The van der Waals surface area contributed by atoms with Crippen LogP contribution in [0.2, 0.25) is 0 Å². The Hall–Kier alpha value is -0.450. The summed E-state index contributed by atoms with van der Waals surface area (Å²) in [5, 5.41) is 0. The molecule has 1 unspecified atom stereocenters. The highest BCUT2D eigenvalue weighted by molar-refractivity contribution is 9.10. The van der Waals surface area contributed by atoms with Crippen molar-refractivity contribution < 1.29 is 4.39 Å². The highest BCUT2D eigenvalue weighted by Gasteiger charge is 2.24. The number of halogens is 2. The van der Waals surface area contributed by atoms with E-state index in [1.807, 2.05) is 6.07 Å². The minimum absolute atomic E-state index is 0.0283. The van der Waals surface area contributed by atoms with E-state index in [1.54, 1.807) is 6.07 Å². The van der Waals surface area contributed by atoms with E-state index < -0.39 is 0 Å². The van der Waals surface area contributed by atoms with E-state index in [0.29, 0.717) is 10.9 Å². The molecule has 0 amide bonds. The maximum Gasteiger partial charge on any atom is 0.137 e. The monoisotopic (exact) mass is 288 g/mol. The molecule has 3 N–H and O–H groups in total. The summed E-state index contributed by atoms with van der Waals surface area (Å²) in [6, 6.07) is 5.16. The number of nitrogens with two attached hydrogens (primary N) is 1. The van der Waals surface area contributed by atoms with Crippen LogP contribution < -0.4 is 11.3 Å². The van der Waals surface area contributed by atoms with Crippen molar-refractivity contribution in [3.8, 4) is 0 Å². The van der Waals surface area contributed by atoms with Crippen molar-refractivity contribution in [2.24, 2.45) is 11.3 Å². The lowest BCUT2D eigenvalue weighted by Crippen LogP contribution is -2.45. The van der Waals surface area contributed by atoms with Crippen molar-refractivity contribution in [3.05, 3.63) is 34.1 Å². The lowest BCUT2D eigenvalue weighted by Gasteiger charge is -2.30. The number of rotatable bonds is 3. The maximum absolute atomic E-state index is 13.3. The van der Waals surface area contributed by atoms with Gasteiger partial charge in [0.2, 0.25) is 0 Å². The molecule has 16 heavy (non-hydrogen) atoms. The summed E-state index contributed by atoms with van der Waals surface area (Å²) >= 11 is 3.26. The van der Waals surface area contributed by atoms with Crippen LogP contribution in [0.25, 0.3) is 0 Å². The van der Waals surface area contributed by atoms with E-state index in [4.69, 9.17) is 5.84 Å². The lowest BCUT2D eigenvalue weighted by molar-refractivity contribution is 0.268. The van der Waals surface area contributed by atoms with Crippen molar-refractivity contribution in [2.45, 2.75) is 33.2 Å². The summed E-state index contributed by atoms with van der Waals surface area (Å²) < 4.78 is 13.9. The van der Waals surface area contributed by atoms with Crippen LogP contribution in [0.15, 0.2) is 22.7 Å². The van der Waals surface area contributed by atoms with Gasteiger partial charge in [0, 0.05) is 6.04 Å². The van der Waals surface area contributed by atoms with Crippen molar-refractivity contribution in [3.63, 3.8) is 0 Å². The molecule has 0 aliphatic rings. The van der Waals surface area contributed by atoms with E-state index in [1.165, 1.54) is 6.07 Å². The van der Waals surface area contributed by atoms with E-state index in [-0.39, 0.29) is 17.3 Å². The van der Waals surface area contributed by atoms with Gasteiger partial charge in [-0.2, -0.15) is 0 Å². The molecule has 0 heterocycles. The fourth-order valence-electron chi connectivity index (χ4n) is 1.54. The Bertz CT molecular complexity index is 361. The maximum atomic E-state index is 13.3. The highest BCUT2D eigenvalue weighted by atomic mass is 79.9. The topological polar surface area (TPSA) is 38.0 Å². The Morgan fingerprint density at radius 2 is 2.06 bits per heavy atom. The van der Waals surface area contributed by atoms with Gasteiger partial charge in [-0.05, 0) is 39.4 Å². The summed E-state index contributed by atoms with van der Waals surface area (Å²) in [7, 11) is 0. The number of benzene rings is 1. The molecule has 0 radical (unpaired) electrons. The van der Waals surface area contributed by atoms with Crippen LogP contribution in [-0.2, 0) is 6.42 Å². The van der Waals surface area contributed by atoms with Crippen LogP contribution in [0, 0.1) is 11.2 Å². The quantitative estimate of drug-likeness (QED) is 0.663. The molecule has 2 nitrogen and oxygen atoms in total. The third-order valence-electron chi connectivity index (χ3n) is 2.70. The zero-order valence-corrected chi connectivity index (χ0v) is 11.4. The fraction of sp³-hybridized carbons (Fsp3) is 0.500. The Balaban J connectivity index is 2.91. The molecule has 90 valence electrons. The number of nitrogens with one attached hydrogen (secondary N) is 1. The van der Waals surface area contributed by atoms with Crippen molar-refractivity contribution in [2.75, 3.05) is 0 Å². The molecule has 1 rings (SSSR count). The number of hydrogen-bond donors (Lipinski definition) is 2. The first kappa shape index (κ1) is 13.6. The molecule has 0 saturated carbocycles. The molecule has 1 aromatic rings. The van der Waals surface area contributed by atoms with Crippen LogP contribution in [0.3, 0.4) is 0 Å². The zero-order chi connectivity index (χ0) is 12.3. The highest BCUT2D eigenvalue weighted by Crippen LogP contribution is 2.26. The van der Waals surface area contributed by atoms with Crippen LogP contribution in [0.4, 0.5) is 4.39 Å². The van der Waals surface area contributed by atoms with Gasteiger partial charge in [0.1, 0.15) is 5.82 Å². The molecule has 0 saturated heterocycles. The SMILES string of the molecule is CC(C)(C)C(Cc1cccc(F)c1Br)NN. The summed E-state index contributed by atoms with van der Waals surface area (Å²) in [6.07, 6.45) is 0.693. The second kappa shape index (κ2) is 5.25. The Morgan fingerprint density at radius 1 is 1.44 bits per heavy atom. The Morgan fingerprint density at radius 3 is 2.56 bits per heavy atom. The number of hydrazine groups is 1. The Kier molecular flexibility index (Phi) is 4.47. The molecule has 1 aromatic carbocycles. The molecule has 0 aliphatic heterocycles. The second-order valence-electron chi connectivity index (χ2n) is 5.00. The van der Waals surface area contributed by atoms with Gasteiger partial charge < -0.3 is 0 Å². The van der Waals surface area contributed by atoms with E-state index in [2.05, 4.69) is 42.1 Å². The molecular weight excluding hydrogens is 271 g/mol. The summed E-state index contributed by atoms with van der Waals surface area (Å²) in [4.78, 5) is 0. The summed E-state index contributed by atoms with van der Waals surface area (Å²) in [6.45, 7) is 6.31. The summed E-state index contributed by atoms with van der Waals surface area (Å²) in [5.41, 5.74) is 3.75. The van der Waals surface area contributed by atoms with Gasteiger partial charge in [0.05, 0.1) is 4.47 Å². The second-order valence-corrected chi connectivity index (χ2v) is 5.80. The van der Waals surface area contributed by atoms with E-state index in [9.17, 15) is 4.39 Å². The molecule has 0 aromatic heterocycles. The largest absolute Gasteiger partial charge is 0.271 e. The zero-order valence-electron chi connectivity index (χ0n) is 9.85. The molecule has 0 spiro atoms. The third-order valence-corrected chi connectivity index (χ3v) is 3.59. The standard InChI is InChI=1S/C12H18BrFN2/c1-12(2,3)10(16-15)7-8-5-4-6-9(14)11(8)13/h4-6,10,16H,7,15H2,1-3H3. The lowest BCUT2D eigenvalue weighted by atomic mass is 9.83. The van der Waals surface area contributed by atoms with Crippen LogP contribution >= 0.6 is 15.9 Å². The van der Waals surface area contributed by atoms with Gasteiger partial charge >= 0.3 is 0 Å². The van der Waals surface area contributed by atoms with Crippen LogP contribution in [0.1, 0.15) is 26.3 Å². The average molecular weight is 289 g/mol. The molecule has 4 heteroatoms. The summed E-state index contributed by atoms with van der Waals surface area (Å²) in [5.74, 6) is 5.30. The Labute approximate surface area is 105 Å². The minimum atomic E-state index is -0.234. The molecular formula is C12H18BrFN2. The normalized spacial score (nSPS) is 13.9. The molecule has 1 atom stereocenters. The van der Waals surface area contributed by atoms with Crippen molar-refractivity contribution >= 4 is 15.9 Å². The minimum Gasteiger partial charge on any atom is -0.271 e. The fourth-order valence-corrected chi connectivity index (χ4v) is 1.97. The van der Waals surface area contributed by atoms with Crippen LogP contribution in [-0.4, -0.2) is 6.04 Å². The van der Waals surface area contributed by atoms with E-state index >= 15 is 0 Å². The first-order valence-electron chi connectivity index (χ1n) is 5.25. The molecule has 0 aliphatic carbocycles. The van der Waals surface area contributed by atoms with Gasteiger partial charge in [-0.25, -0.2) is 4.39 Å². The van der Waals surface area contributed by atoms with Gasteiger partial charge in [-0.15, -0.1) is 0 Å². The smallest absolute Gasteiger partial charge is 0.137 e. The predicted octanol–water partition coefficient (Wildman–Crippen LogP) is 3.01. The van der Waals surface area contributed by atoms with Gasteiger partial charge in [-0.1, -0.05) is 32.9 Å². The third kappa shape index (κ3) is 3.27. The van der Waals surface area contributed by atoms with Crippen molar-refractivity contribution in [1.82, 2.24) is 5.43 Å².